The molecule has 0 saturated carbocycles. The molecule has 0 bridgehead atoms. The van der Waals surface area contributed by atoms with Gasteiger partial charge in [-0.15, -0.1) is 0 Å². The van der Waals surface area contributed by atoms with Gasteiger partial charge in [0.05, 0.1) is 5.76 Å². The summed E-state index contributed by atoms with van der Waals surface area (Å²) >= 11 is 0. The Kier molecular flexibility index (Phi) is 2.06. The van der Waals surface area contributed by atoms with Crippen molar-refractivity contribution in [1.82, 2.24) is 9.55 Å². The van der Waals surface area contributed by atoms with Crippen LogP contribution in [0.5, 0.6) is 0 Å². The predicted molar refractivity (Wildman–Crippen MR) is 38.9 cm³/mol. The first-order chi connectivity index (χ1) is 5.20. The smallest absolute Gasteiger partial charge is 0.415 e. The van der Waals surface area contributed by atoms with Crippen LogP contribution in [-0.2, 0) is 4.74 Å². The van der Waals surface area contributed by atoms with Crippen molar-refractivity contribution in [2.24, 2.45) is 0 Å². The predicted octanol–water partition coefficient (Wildman–Crippen LogP) is 1.40. The van der Waals surface area contributed by atoms with Gasteiger partial charge in [0.1, 0.15) is 6.33 Å². The summed E-state index contributed by atoms with van der Waals surface area (Å²) in [5, 5.41) is 0. The Bertz CT molecular complexity index is 264. The molecule has 0 aromatic carbocycles. The van der Waals surface area contributed by atoms with E-state index in [1.165, 1.54) is 23.3 Å². The normalized spacial score (nSPS) is 9.18. The van der Waals surface area contributed by atoms with Crippen LogP contribution in [-0.4, -0.2) is 15.6 Å². The van der Waals surface area contributed by atoms with Crippen LogP contribution in [0.1, 0.15) is 6.92 Å². The van der Waals surface area contributed by atoms with Crippen molar-refractivity contribution >= 4 is 6.09 Å². The molecule has 1 rings (SSSR count). The fourth-order valence-corrected chi connectivity index (χ4v) is 0.569. The van der Waals surface area contributed by atoms with Crippen LogP contribution in [0.4, 0.5) is 4.79 Å². The van der Waals surface area contributed by atoms with E-state index in [9.17, 15) is 4.79 Å². The van der Waals surface area contributed by atoms with Crippen molar-refractivity contribution in [3.63, 3.8) is 0 Å². The van der Waals surface area contributed by atoms with Gasteiger partial charge in [-0.2, -0.15) is 0 Å². The Morgan fingerprint density at radius 1 is 1.73 bits per heavy atom. The summed E-state index contributed by atoms with van der Waals surface area (Å²) in [6, 6.07) is 0. The van der Waals surface area contributed by atoms with Crippen LogP contribution in [0.2, 0.25) is 0 Å². The van der Waals surface area contributed by atoms with Crippen molar-refractivity contribution in [1.29, 1.82) is 0 Å². The molecular formula is C7H8N2O2. The highest BCUT2D eigenvalue weighted by Crippen LogP contribution is 1.95. The SMILES string of the molecule is C=C(C)OC(=O)n1ccnc1. The van der Waals surface area contributed by atoms with Crippen molar-refractivity contribution in [2.75, 3.05) is 0 Å². The molecule has 0 N–H and O–H groups in total. The molecule has 0 spiro atoms. The minimum Gasteiger partial charge on any atom is -0.415 e. The molecule has 0 amide bonds. The Hall–Kier alpha value is -1.58. The number of rotatable bonds is 1. The van der Waals surface area contributed by atoms with E-state index in [0.29, 0.717) is 5.76 Å². The third-order valence-electron chi connectivity index (χ3n) is 0.977. The van der Waals surface area contributed by atoms with Crippen molar-refractivity contribution in [3.8, 4) is 0 Å². The van der Waals surface area contributed by atoms with Crippen molar-refractivity contribution in [3.05, 3.63) is 31.1 Å². The van der Waals surface area contributed by atoms with Crippen LogP contribution in [0.25, 0.3) is 0 Å². The van der Waals surface area contributed by atoms with Gasteiger partial charge in [-0.05, 0) is 6.92 Å². The number of ether oxygens (including phenoxy) is 1. The second kappa shape index (κ2) is 3.01. The minimum absolute atomic E-state index is 0.365. The fourth-order valence-electron chi connectivity index (χ4n) is 0.569. The quantitative estimate of drug-likeness (QED) is 0.571. The summed E-state index contributed by atoms with van der Waals surface area (Å²) in [6.45, 7) is 5.03. The Labute approximate surface area is 64.1 Å². The summed E-state index contributed by atoms with van der Waals surface area (Å²) in [6.07, 6.45) is 3.88. The number of imidazole rings is 1. The summed E-state index contributed by atoms with van der Waals surface area (Å²) in [4.78, 5) is 14.6. The lowest BCUT2D eigenvalue weighted by atomic mass is 10.7. The Morgan fingerprint density at radius 3 is 2.91 bits per heavy atom. The average Bonchev–Trinajstić information content (AvgIpc) is 2.35. The summed E-state index contributed by atoms with van der Waals surface area (Å²) < 4.78 is 5.91. The molecular weight excluding hydrogens is 144 g/mol. The van der Waals surface area contributed by atoms with E-state index in [2.05, 4.69) is 16.3 Å². The lowest BCUT2D eigenvalue weighted by Crippen LogP contribution is -2.09. The maximum atomic E-state index is 11.0. The van der Waals surface area contributed by atoms with Gasteiger partial charge in [-0.25, -0.2) is 14.3 Å². The molecule has 0 atom stereocenters. The van der Waals surface area contributed by atoms with E-state index >= 15 is 0 Å². The summed E-state index contributed by atoms with van der Waals surface area (Å²) in [5.74, 6) is 0.365. The number of hydrogen-bond donors (Lipinski definition) is 0. The molecule has 1 aromatic heterocycles. The van der Waals surface area contributed by atoms with Crippen molar-refractivity contribution < 1.29 is 9.53 Å². The van der Waals surface area contributed by atoms with Gasteiger partial charge in [0.25, 0.3) is 0 Å². The highest BCUT2D eigenvalue weighted by Gasteiger charge is 2.03. The number of allylic oxidation sites excluding steroid dienone is 1. The third-order valence-corrected chi connectivity index (χ3v) is 0.977. The largest absolute Gasteiger partial charge is 0.424 e. The van der Waals surface area contributed by atoms with E-state index in [-0.39, 0.29) is 0 Å². The monoisotopic (exact) mass is 152 g/mol. The lowest BCUT2D eigenvalue weighted by Gasteiger charge is -2.00. The summed E-state index contributed by atoms with van der Waals surface area (Å²) in [5.41, 5.74) is 0. The number of carbonyl (C=O) groups excluding carboxylic acids is 1. The van der Waals surface area contributed by atoms with Gasteiger partial charge in [0.2, 0.25) is 0 Å². The van der Waals surface area contributed by atoms with E-state index in [0.717, 1.165) is 0 Å². The third kappa shape index (κ3) is 1.93. The van der Waals surface area contributed by atoms with E-state index in [1.54, 1.807) is 6.92 Å². The molecule has 0 fully saturated rings. The van der Waals surface area contributed by atoms with E-state index in [1.807, 2.05) is 0 Å². The lowest BCUT2D eigenvalue weighted by molar-refractivity contribution is 0.178. The molecule has 4 heteroatoms. The van der Waals surface area contributed by atoms with Crippen LogP contribution < -0.4 is 0 Å². The fraction of sp³-hybridized carbons (Fsp3) is 0.143. The second-order valence-corrected chi connectivity index (χ2v) is 2.04. The van der Waals surface area contributed by atoms with E-state index < -0.39 is 6.09 Å². The second-order valence-electron chi connectivity index (χ2n) is 2.04. The highest BCUT2D eigenvalue weighted by molar-refractivity contribution is 5.70. The maximum Gasteiger partial charge on any atom is 0.424 e. The molecule has 1 aromatic rings. The molecule has 58 valence electrons. The van der Waals surface area contributed by atoms with Crippen LogP contribution in [0.15, 0.2) is 31.1 Å². The molecule has 1 heterocycles. The van der Waals surface area contributed by atoms with Crippen LogP contribution in [0, 0.1) is 0 Å². The van der Waals surface area contributed by atoms with Gasteiger partial charge in [0.15, 0.2) is 0 Å². The van der Waals surface area contributed by atoms with Gasteiger partial charge in [-0.3, -0.25) is 0 Å². The molecule has 4 nitrogen and oxygen atoms in total. The first-order valence-electron chi connectivity index (χ1n) is 3.06. The summed E-state index contributed by atoms with van der Waals surface area (Å²) in [7, 11) is 0. The number of nitrogens with zero attached hydrogens (tertiary/aromatic N) is 2. The van der Waals surface area contributed by atoms with Gasteiger partial charge in [-0.1, -0.05) is 6.58 Å². The van der Waals surface area contributed by atoms with Gasteiger partial charge < -0.3 is 4.74 Å². The molecule has 0 aliphatic carbocycles. The van der Waals surface area contributed by atoms with Gasteiger partial charge >= 0.3 is 6.09 Å². The minimum atomic E-state index is -0.491. The molecule has 0 aliphatic heterocycles. The number of carbonyl (C=O) groups is 1. The zero-order valence-electron chi connectivity index (χ0n) is 6.15. The molecule has 0 aliphatic rings. The van der Waals surface area contributed by atoms with E-state index in [4.69, 9.17) is 0 Å². The standard InChI is InChI=1S/C7H8N2O2/c1-6(2)11-7(10)9-4-3-8-5-9/h3-5H,1H2,2H3. The Morgan fingerprint density at radius 2 is 2.45 bits per heavy atom. The first kappa shape index (κ1) is 7.53. The zero-order chi connectivity index (χ0) is 8.27. The average molecular weight is 152 g/mol. The molecule has 0 unspecified atom stereocenters. The topological polar surface area (TPSA) is 44.1 Å². The first-order valence-corrected chi connectivity index (χ1v) is 3.06. The van der Waals surface area contributed by atoms with Crippen LogP contribution >= 0.6 is 0 Å². The molecule has 0 saturated heterocycles. The molecule has 0 radical (unpaired) electrons. The highest BCUT2D eigenvalue weighted by atomic mass is 16.6. The Balaban J connectivity index is 2.64. The maximum absolute atomic E-state index is 11.0. The number of aromatic nitrogens is 2. The zero-order valence-corrected chi connectivity index (χ0v) is 6.15. The van der Waals surface area contributed by atoms with Crippen molar-refractivity contribution in [2.45, 2.75) is 6.92 Å². The van der Waals surface area contributed by atoms with Gasteiger partial charge in [0, 0.05) is 12.4 Å². The number of hydrogen-bond acceptors (Lipinski definition) is 3. The molecule has 11 heavy (non-hydrogen) atoms. The van der Waals surface area contributed by atoms with Crippen LogP contribution in [0.3, 0.4) is 0 Å².